The van der Waals surface area contributed by atoms with Crippen molar-refractivity contribution in [3.05, 3.63) is 64.7 Å². The standard InChI is InChI=1S/C30H42N2O7S/c1-30(2)37-21-26-19-25(14-15-27(26)39-30)28-20-32(29(33)38-28)16-6-3-4-7-17-36-18-8-5-9-23-10-12-24(13-11-23)22-40(31,34)35/h10-15,19,28H,3-9,16-18,20-22H2,1-2H3,(H2,31,34,35)/t28-/m0/s1. The zero-order chi connectivity index (χ0) is 28.6. The number of ether oxygens (including phenoxy) is 4. The Balaban J connectivity index is 1.02. The Labute approximate surface area is 238 Å². The highest BCUT2D eigenvalue weighted by molar-refractivity contribution is 7.88. The molecule has 2 aromatic carbocycles. The molecule has 9 nitrogen and oxygen atoms in total. The molecule has 2 aliphatic heterocycles. The molecule has 1 atom stereocenters. The first-order valence-electron chi connectivity index (χ1n) is 14.2. The molecular formula is C30H42N2O7S. The van der Waals surface area contributed by atoms with E-state index in [2.05, 4.69) is 0 Å². The topological polar surface area (TPSA) is 117 Å². The number of carbonyl (C=O) groups is 1. The summed E-state index contributed by atoms with van der Waals surface area (Å²) in [5, 5.41) is 5.09. The van der Waals surface area contributed by atoms with Crippen LogP contribution in [-0.4, -0.2) is 51.5 Å². The number of aryl methyl sites for hydroxylation is 1. The van der Waals surface area contributed by atoms with Crippen LogP contribution in [0.4, 0.5) is 4.79 Å². The number of cyclic esters (lactones) is 1. The van der Waals surface area contributed by atoms with Gasteiger partial charge in [0.2, 0.25) is 15.8 Å². The molecule has 2 aliphatic rings. The largest absolute Gasteiger partial charge is 0.463 e. The molecule has 220 valence electrons. The number of hydrogen-bond donors (Lipinski definition) is 1. The Morgan fingerprint density at radius 1 is 0.975 bits per heavy atom. The summed E-state index contributed by atoms with van der Waals surface area (Å²) in [7, 11) is -3.49. The van der Waals surface area contributed by atoms with Crippen molar-refractivity contribution in [1.29, 1.82) is 0 Å². The van der Waals surface area contributed by atoms with E-state index in [1.54, 1.807) is 4.90 Å². The maximum absolute atomic E-state index is 12.4. The van der Waals surface area contributed by atoms with E-state index >= 15 is 0 Å². The Morgan fingerprint density at radius 3 is 2.42 bits per heavy atom. The fourth-order valence-corrected chi connectivity index (χ4v) is 5.61. The lowest BCUT2D eigenvalue weighted by atomic mass is 10.0. The highest BCUT2D eigenvalue weighted by Gasteiger charge is 2.33. The predicted molar refractivity (Wildman–Crippen MR) is 152 cm³/mol. The van der Waals surface area contributed by atoms with E-state index < -0.39 is 15.8 Å². The lowest BCUT2D eigenvalue weighted by Crippen LogP contribution is -2.35. The fraction of sp³-hybridized carbons (Fsp3) is 0.567. The number of primary sulfonamides is 1. The van der Waals surface area contributed by atoms with E-state index in [9.17, 15) is 13.2 Å². The molecule has 0 unspecified atom stereocenters. The lowest BCUT2D eigenvalue weighted by Gasteiger charge is -2.32. The van der Waals surface area contributed by atoms with Crippen molar-refractivity contribution in [3.8, 4) is 5.75 Å². The number of amides is 1. The van der Waals surface area contributed by atoms with Crippen LogP contribution in [0, 0.1) is 0 Å². The van der Waals surface area contributed by atoms with Crippen LogP contribution in [0.1, 0.15) is 80.7 Å². The molecule has 1 saturated heterocycles. The summed E-state index contributed by atoms with van der Waals surface area (Å²) in [6, 6.07) is 13.5. The molecule has 0 bridgehead atoms. The first-order chi connectivity index (χ1) is 19.1. The molecule has 2 heterocycles. The van der Waals surface area contributed by atoms with Crippen molar-refractivity contribution in [3.63, 3.8) is 0 Å². The quantitative estimate of drug-likeness (QED) is 0.290. The first kappa shape index (κ1) is 30.3. The highest BCUT2D eigenvalue weighted by atomic mass is 32.2. The van der Waals surface area contributed by atoms with E-state index in [1.807, 2.05) is 56.3 Å². The van der Waals surface area contributed by atoms with E-state index in [0.29, 0.717) is 25.3 Å². The fourth-order valence-electron chi connectivity index (χ4n) is 4.95. The minimum absolute atomic E-state index is 0.131. The molecule has 4 rings (SSSR count). The van der Waals surface area contributed by atoms with Gasteiger partial charge in [0.05, 0.1) is 18.9 Å². The zero-order valence-electron chi connectivity index (χ0n) is 23.6. The Hall–Kier alpha value is -2.66. The first-order valence-corrected chi connectivity index (χ1v) is 15.9. The molecule has 40 heavy (non-hydrogen) atoms. The molecular weight excluding hydrogens is 532 g/mol. The summed E-state index contributed by atoms with van der Waals surface area (Å²) in [5.74, 6) is 0.0557. The molecule has 0 saturated carbocycles. The third-order valence-corrected chi connectivity index (χ3v) is 7.87. The summed E-state index contributed by atoms with van der Waals surface area (Å²) in [6.07, 6.45) is 6.49. The third kappa shape index (κ3) is 9.47. The van der Waals surface area contributed by atoms with Crippen LogP contribution in [-0.2, 0) is 43.0 Å². The predicted octanol–water partition coefficient (Wildman–Crippen LogP) is 5.21. The van der Waals surface area contributed by atoms with Crippen molar-refractivity contribution in [2.24, 2.45) is 5.14 Å². The molecule has 0 spiro atoms. The van der Waals surface area contributed by atoms with Gasteiger partial charge in [-0.25, -0.2) is 18.4 Å². The Kier molecular flexibility index (Phi) is 10.5. The number of carbonyl (C=O) groups excluding carboxylic acids is 1. The second-order valence-corrected chi connectivity index (χ2v) is 12.7. The van der Waals surface area contributed by atoms with Crippen LogP contribution in [0.25, 0.3) is 0 Å². The smallest absolute Gasteiger partial charge is 0.410 e. The van der Waals surface area contributed by atoms with Crippen molar-refractivity contribution in [1.82, 2.24) is 4.90 Å². The van der Waals surface area contributed by atoms with Crippen LogP contribution < -0.4 is 9.88 Å². The molecule has 0 radical (unpaired) electrons. The van der Waals surface area contributed by atoms with Gasteiger partial charge in [0.15, 0.2) is 0 Å². The number of nitrogens with two attached hydrogens (primary N) is 1. The summed E-state index contributed by atoms with van der Waals surface area (Å²) >= 11 is 0. The third-order valence-electron chi connectivity index (χ3n) is 7.14. The molecule has 10 heteroatoms. The normalized spacial score (nSPS) is 18.3. The SMILES string of the molecule is CC1(C)OCc2cc([C@@H]3CN(CCCCCCOCCCCc4ccc(CS(N)(=O)=O)cc4)C(=O)O3)ccc2O1. The zero-order valence-corrected chi connectivity index (χ0v) is 24.4. The number of unbranched alkanes of at least 4 members (excludes halogenated alkanes) is 4. The highest BCUT2D eigenvalue weighted by Crippen LogP contribution is 2.35. The van der Waals surface area contributed by atoms with Crippen LogP contribution >= 0.6 is 0 Å². The van der Waals surface area contributed by atoms with Gasteiger partial charge >= 0.3 is 6.09 Å². The maximum atomic E-state index is 12.4. The number of hydrogen-bond acceptors (Lipinski definition) is 7. The van der Waals surface area contributed by atoms with Gasteiger partial charge in [-0.2, -0.15) is 0 Å². The van der Waals surface area contributed by atoms with Crippen LogP contribution in [0.5, 0.6) is 5.75 Å². The van der Waals surface area contributed by atoms with E-state index in [4.69, 9.17) is 24.1 Å². The van der Waals surface area contributed by atoms with Crippen LogP contribution in [0.15, 0.2) is 42.5 Å². The van der Waals surface area contributed by atoms with E-state index in [0.717, 1.165) is 75.0 Å². The van der Waals surface area contributed by atoms with Gasteiger partial charge in [-0.3, -0.25) is 0 Å². The van der Waals surface area contributed by atoms with Crippen molar-refractivity contribution in [2.75, 3.05) is 26.3 Å². The average Bonchev–Trinajstić information content (AvgIpc) is 3.26. The molecule has 0 aliphatic carbocycles. The maximum Gasteiger partial charge on any atom is 0.410 e. The molecule has 1 amide bonds. The second-order valence-electron chi connectivity index (χ2n) is 11.1. The Morgan fingerprint density at radius 2 is 1.68 bits per heavy atom. The summed E-state index contributed by atoms with van der Waals surface area (Å²) in [6.45, 7) is 7.01. The minimum atomic E-state index is -3.49. The van der Waals surface area contributed by atoms with Crippen molar-refractivity contribution >= 4 is 16.1 Å². The van der Waals surface area contributed by atoms with E-state index in [1.165, 1.54) is 5.56 Å². The van der Waals surface area contributed by atoms with Gasteiger partial charge in [0, 0.05) is 39.2 Å². The molecule has 0 aromatic heterocycles. The summed E-state index contributed by atoms with van der Waals surface area (Å²) < 4.78 is 45.3. The number of rotatable bonds is 15. The number of sulfonamides is 1. The van der Waals surface area contributed by atoms with Gasteiger partial charge in [-0.15, -0.1) is 0 Å². The molecule has 2 aromatic rings. The van der Waals surface area contributed by atoms with Crippen molar-refractivity contribution < 1.29 is 32.2 Å². The van der Waals surface area contributed by atoms with Gasteiger partial charge < -0.3 is 23.8 Å². The van der Waals surface area contributed by atoms with Crippen molar-refractivity contribution in [2.45, 2.75) is 83.0 Å². The van der Waals surface area contributed by atoms with Gasteiger partial charge in [0.1, 0.15) is 11.9 Å². The van der Waals surface area contributed by atoms with Gasteiger partial charge in [-0.05, 0) is 60.9 Å². The lowest BCUT2D eigenvalue weighted by molar-refractivity contribution is -0.180. The summed E-state index contributed by atoms with van der Waals surface area (Å²) in [4.78, 5) is 14.2. The molecule has 1 fully saturated rings. The van der Waals surface area contributed by atoms with E-state index in [-0.39, 0.29) is 18.0 Å². The van der Waals surface area contributed by atoms with Crippen LogP contribution in [0.3, 0.4) is 0 Å². The number of nitrogens with zero attached hydrogens (tertiary/aromatic N) is 1. The molecule has 2 N–H and O–H groups in total. The Bertz CT molecular complexity index is 1230. The van der Waals surface area contributed by atoms with Gasteiger partial charge in [0.25, 0.3) is 0 Å². The average molecular weight is 575 g/mol. The van der Waals surface area contributed by atoms with Gasteiger partial charge in [-0.1, -0.05) is 43.2 Å². The number of fused-ring (bicyclic) bond motifs is 1. The number of benzene rings is 2. The van der Waals surface area contributed by atoms with Crippen LogP contribution in [0.2, 0.25) is 0 Å². The summed E-state index contributed by atoms with van der Waals surface area (Å²) in [5.41, 5.74) is 3.84. The minimum Gasteiger partial charge on any atom is -0.463 e. The monoisotopic (exact) mass is 574 g/mol. The second kappa shape index (κ2) is 13.8.